The summed E-state index contributed by atoms with van der Waals surface area (Å²) in [5.41, 5.74) is 0.708. The van der Waals surface area contributed by atoms with Crippen LogP contribution in [0.1, 0.15) is 25.5 Å². The number of carbonyl (C=O) groups excluding carboxylic acids is 3. The van der Waals surface area contributed by atoms with Crippen molar-refractivity contribution in [3.63, 3.8) is 0 Å². The molecular formula is C16H22N2O4. The fourth-order valence-corrected chi connectivity index (χ4v) is 2.23. The van der Waals surface area contributed by atoms with E-state index in [1.54, 1.807) is 24.3 Å². The molecule has 0 fully saturated rings. The number of ether oxygens (including phenoxy) is 1. The maximum atomic E-state index is 12.0. The van der Waals surface area contributed by atoms with E-state index < -0.39 is 18.0 Å². The summed E-state index contributed by atoms with van der Waals surface area (Å²) >= 11 is 0. The normalized spacial score (nSPS) is 11.8. The number of rotatable bonds is 8. The second-order valence-corrected chi connectivity index (χ2v) is 4.98. The van der Waals surface area contributed by atoms with Crippen LogP contribution >= 0.6 is 0 Å². The molecule has 0 aromatic heterocycles. The Bertz CT molecular complexity index is 502. The summed E-state index contributed by atoms with van der Waals surface area (Å²) in [7, 11) is 1.54. The lowest BCUT2D eigenvalue weighted by Crippen LogP contribution is -2.44. The molecule has 6 nitrogen and oxygen atoms in total. The Morgan fingerprint density at radius 1 is 1.09 bits per heavy atom. The lowest BCUT2D eigenvalue weighted by molar-refractivity contribution is -0.131. The number of methoxy groups -OCH3 is 1. The summed E-state index contributed by atoms with van der Waals surface area (Å²) in [6, 6.07) is 7.83. The van der Waals surface area contributed by atoms with Crippen LogP contribution in [0.3, 0.4) is 0 Å². The second kappa shape index (κ2) is 8.94. The SMILES string of the molecule is COCCNC(=O)N[C@@H](c1ccccc1)C(C(C)=O)C(C)=O. The quantitative estimate of drug-likeness (QED) is 0.562. The van der Waals surface area contributed by atoms with Crippen LogP contribution in [-0.4, -0.2) is 37.9 Å². The molecule has 1 aromatic rings. The van der Waals surface area contributed by atoms with Crippen LogP contribution in [0.25, 0.3) is 0 Å². The van der Waals surface area contributed by atoms with Gasteiger partial charge in [-0.25, -0.2) is 4.79 Å². The molecule has 2 N–H and O–H groups in total. The zero-order valence-corrected chi connectivity index (χ0v) is 13.1. The standard InChI is InChI=1S/C16H22N2O4/c1-11(19)14(12(2)20)15(13-7-5-4-6-8-13)18-16(21)17-9-10-22-3/h4-8,14-15H,9-10H2,1-3H3,(H2,17,18,21)/t15-/m0/s1. The average molecular weight is 306 g/mol. The molecule has 0 heterocycles. The first kappa shape index (κ1) is 17.8. The van der Waals surface area contributed by atoms with Gasteiger partial charge in [0.25, 0.3) is 0 Å². The van der Waals surface area contributed by atoms with Crippen LogP contribution < -0.4 is 10.6 Å². The largest absolute Gasteiger partial charge is 0.383 e. The van der Waals surface area contributed by atoms with E-state index in [1.165, 1.54) is 21.0 Å². The van der Waals surface area contributed by atoms with Gasteiger partial charge >= 0.3 is 6.03 Å². The van der Waals surface area contributed by atoms with Gasteiger partial charge in [0.05, 0.1) is 12.6 Å². The number of carbonyl (C=O) groups is 3. The van der Waals surface area contributed by atoms with E-state index in [2.05, 4.69) is 10.6 Å². The molecular weight excluding hydrogens is 284 g/mol. The van der Waals surface area contributed by atoms with Crippen LogP contribution in [0, 0.1) is 5.92 Å². The maximum absolute atomic E-state index is 12.0. The fourth-order valence-electron chi connectivity index (χ4n) is 2.23. The monoisotopic (exact) mass is 306 g/mol. The predicted molar refractivity (Wildman–Crippen MR) is 82.4 cm³/mol. The van der Waals surface area contributed by atoms with Gasteiger partial charge < -0.3 is 15.4 Å². The first-order chi connectivity index (χ1) is 10.5. The average Bonchev–Trinajstić information content (AvgIpc) is 2.47. The number of urea groups is 1. The Morgan fingerprint density at radius 3 is 2.18 bits per heavy atom. The van der Waals surface area contributed by atoms with Crippen molar-refractivity contribution in [1.29, 1.82) is 0 Å². The molecule has 0 spiro atoms. The highest BCUT2D eigenvalue weighted by atomic mass is 16.5. The Labute approximate surface area is 130 Å². The molecule has 22 heavy (non-hydrogen) atoms. The van der Waals surface area contributed by atoms with Gasteiger partial charge in [0.1, 0.15) is 17.5 Å². The summed E-state index contributed by atoms with van der Waals surface area (Å²) in [6.07, 6.45) is 0. The van der Waals surface area contributed by atoms with Crippen molar-refractivity contribution in [3.05, 3.63) is 35.9 Å². The molecule has 2 amide bonds. The topological polar surface area (TPSA) is 84.5 Å². The van der Waals surface area contributed by atoms with Gasteiger partial charge in [-0.1, -0.05) is 30.3 Å². The molecule has 0 aliphatic rings. The maximum Gasteiger partial charge on any atom is 0.315 e. The van der Waals surface area contributed by atoms with E-state index >= 15 is 0 Å². The van der Waals surface area contributed by atoms with Crippen molar-refractivity contribution >= 4 is 17.6 Å². The summed E-state index contributed by atoms with van der Waals surface area (Å²) in [6.45, 7) is 3.43. The van der Waals surface area contributed by atoms with Crippen molar-refractivity contribution in [2.75, 3.05) is 20.3 Å². The molecule has 1 aromatic carbocycles. The van der Waals surface area contributed by atoms with E-state index in [-0.39, 0.29) is 11.6 Å². The molecule has 1 atom stereocenters. The smallest absolute Gasteiger partial charge is 0.315 e. The van der Waals surface area contributed by atoms with Gasteiger partial charge in [-0.15, -0.1) is 0 Å². The number of ketones is 2. The highest BCUT2D eigenvalue weighted by Crippen LogP contribution is 2.24. The van der Waals surface area contributed by atoms with Crippen molar-refractivity contribution in [3.8, 4) is 0 Å². The molecule has 0 saturated carbocycles. The van der Waals surface area contributed by atoms with Crippen molar-refractivity contribution in [2.24, 2.45) is 5.92 Å². The molecule has 0 radical (unpaired) electrons. The summed E-state index contributed by atoms with van der Waals surface area (Å²) in [4.78, 5) is 35.6. The van der Waals surface area contributed by atoms with Crippen LogP contribution in [0.15, 0.2) is 30.3 Å². The minimum atomic E-state index is -0.907. The van der Waals surface area contributed by atoms with Crippen molar-refractivity contribution in [1.82, 2.24) is 10.6 Å². The van der Waals surface area contributed by atoms with Crippen LogP contribution in [0.4, 0.5) is 4.79 Å². The molecule has 0 unspecified atom stereocenters. The van der Waals surface area contributed by atoms with E-state index in [0.717, 1.165) is 0 Å². The van der Waals surface area contributed by atoms with Crippen molar-refractivity contribution < 1.29 is 19.1 Å². The van der Waals surface area contributed by atoms with Crippen LogP contribution in [0.2, 0.25) is 0 Å². The van der Waals surface area contributed by atoms with Crippen molar-refractivity contribution in [2.45, 2.75) is 19.9 Å². The Balaban J connectivity index is 2.94. The lowest BCUT2D eigenvalue weighted by Gasteiger charge is -2.25. The van der Waals surface area contributed by atoms with Gasteiger partial charge in [0, 0.05) is 13.7 Å². The fraction of sp³-hybridized carbons (Fsp3) is 0.438. The Hall–Kier alpha value is -2.21. The van der Waals surface area contributed by atoms with Gasteiger partial charge in [0.15, 0.2) is 0 Å². The van der Waals surface area contributed by atoms with Crippen LogP contribution in [0.5, 0.6) is 0 Å². The second-order valence-electron chi connectivity index (χ2n) is 4.98. The Morgan fingerprint density at radius 2 is 1.68 bits per heavy atom. The van der Waals surface area contributed by atoms with E-state index in [1.807, 2.05) is 6.07 Å². The molecule has 120 valence electrons. The zero-order chi connectivity index (χ0) is 16.5. The molecule has 0 saturated heterocycles. The lowest BCUT2D eigenvalue weighted by atomic mass is 9.87. The molecule has 0 bridgehead atoms. The first-order valence-corrected chi connectivity index (χ1v) is 7.06. The number of hydrogen-bond donors (Lipinski definition) is 2. The van der Waals surface area contributed by atoms with Gasteiger partial charge in [-0.2, -0.15) is 0 Å². The summed E-state index contributed by atoms with van der Waals surface area (Å²) in [5, 5.41) is 5.33. The number of hydrogen-bond acceptors (Lipinski definition) is 4. The Kier molecular flexibility index (Phi) is 7.25. The summed E-state index contributed by atoms with van der Waals surface area (Å²) in [5.74, 6) is -1.47. The predicted octanol–water partition coefficient (Wildman–Crippen LogP) is 1.47. The third-order valence-corrected chi connectivity index (χ3v) is 3.25. The zero-order valence-electron chi connectivity index (χ0n) is 13.1. The van der Waals surface area contributed by atoms with Gasteiger partial charge in [-0.05, 0) is 19.4 Å². The minimum absolute atomic E-state index is 0.279. The molecule has 6 heteroatoms. The number of Topliss-reactive ketones (excluding diaryl/α,β-unsaturated/α-hetero) is 2. The minimum Gasteiger partial charge on any atom is -0.383 e. The van der Waals surface area contributed by atoms with E-state index in [4.69, 9.17) is 4.74 Å². The molecule has 0 aliphatic carbocycles. The first-order valence-electron chi connectivity index (χ1n) is 7.06. The molecule has 1 rings (SSSR count). The highest BCUT2D eigenvalue weighted by Gasteiger charge is 2.32. The highest BCUT2D eigenvalue weighted by molar-refractivity contribution is 6.01. The molecule has 0 aliphatic heterocycles. The van der Waals surface area contributed by atoms with E-state index in [9.17, 15) is 14.4 Å². The third kappa shape index (κ3) is 5.29. The number of nitrogens with one attached hydrogen (secondary N) is 2. The number of amides is 2. The third-order valence-electron chi connectivity index (χ3n) is 3.25. The van der Waals surface area contributed by atoms with Gasteiger partial charge in [-0.3, -0.25) is 9.59 Å². The van der Waals surface area contributed by atoms with Crippen LogP contribution in [-0.2, 0) is 14.3 Å². The van der Waals surface area contributed by atoms with Gasteiger partial charge in [0.2, 0.25) is 0 Å². The number of benzene rings is 1. The van der Waals surface area contributed by atoms with E-state index in [0.29, 0.717) is 18.7 Å². The summed E-state index contributed by atoms with van der Waals surface area (Å²) < 4.78 is 4.86.